The maximum atomic E-state index is 2.47. The molecule has 0 atom stereocenters. The highest BCUT2D eigenvalue weighted by Gasteiger charge is 2.11. The van der Waals surface area contributed by atoms with Gasteiger partial charge in [-0.25, -0.2) is 0 Å². The summed E-state index contributed by atoms with van der Waals surface area (Å²) in [5, 5.41) is 0. The summed E-state index contributed by atoms with van der Waals surface area (Å²) in [6, 6.07) is 17.8. The van der Waals surface area contributed by atoms with E-state index in [0.29, 0.717) is 0 Å². The van der Waals surface area contributed by atoms with E-state index in [1.165, 1.54) is 47.6 Å². The molecule has 0 radical (unpaired) electrons. The minimum atomic E-state index is 1.21. The number of thioether (sulfide) groups is 1. The van der Waals surface area contributed by atoms with Gasteiger partial charge in [-0.1, -0.05) is 24.3 Å². The summed E-state index contributed by atoms with van der Waals surface area (Å²) >= 11 is 1.79. The SMILES string of the molecule is CSc1ccc(-c2ccc(N3CCCC3)cc2)cc1. The Bertz CT molecular complexity index is 524. The zero-order valence-electron chi connectivity index (χ0n) is 11.3. The number of anilines is 1. The van der Waals surface area contributed by atoms with E-state index in [1.54, 1.807) is 11.8 Å². The van der Waals surface area contributed by atoms with Gasteiger partial charge in [-0.15, -0.1) is 11.8 Å². The largest absolute Gasteiger partial charge is 0.372 e. The lowest BCUT2D eigenvalue weighted by atomic mass is 10.1. The van der Waals surface area contributed by atoms with E-state index in [2.05, 4.69) is 59.7 Å². The molecule has 1 aliphatic heterocycles. The summed E-state index contributed by atoms with van der Waals surface area (Å²) in [5.41, 5.74) is 3.96. The third-order valence-corrected chi connectivity index (χ3v) is 4.51. The van der Waals surface area contributed by atoms with Crippen LogP contribution in [0.1, 0.15) is 12.8 Å². The van der Waals surface area contributed by atoms with Gasteiger partial charge in [0.15, 0.2) is 0 Å². The van der Waals surface area contributed by atoms with Crippen molar-refractivity contribution in [1.29, 1.82) is 0 Å². The molecule has 0 aromatic heterocycles. The molecule has 1 aliphatic rings. The lowest BCUT2D eigenvalue weighted by Crippen LogP contribution is -2.17. The molecule has 2 heteroatoms. The predicted octanol–water partition coefficient (Wildman–Crippen LogP) is 4.68. The van der Waals surface area contributed by atoms with E-state index in [0.717, 1.165) is 0 Å². The number of rotatable bonds is 3. The van der Waals surface area contributed by atoms with E-state index in [-0.39, 0.29) is 0 Å². The van der Waals surface area contributed by atoms with E-state index in [9.17, 15) is 0 Å². The minimum Gasteiger partial charge on any atom is -0.372 e. The van der Waals surface area contributed by atoms with Crippen LogP contribution in [0.5, 0.6) is 0 Å². The van der Waals surface area contributed by atoms with Crippen LogP contribution in [0.2, 0.25) is 0 Å². The maximum Gasteiger partial charge on any atom is 0.0366 e. The fraction of sp³-hybridized carbons (Fsp3) is 0.294. The van der Waals surface area contributed by atoms with Crippen LogP contribution in [0.15, 0.2) is 53.4 Å². The molecule has 1 fully saturated rings. The Labute approximate surface area is 119 Å². The first-order valence-corrected chi connectivity index (χ1v) is 8.09. The van der Waals surface area contributed by atoms with Gasteiger partial charge in [0.1, 0.15) is 0 Å². The normalized spacial score (nSPS) is 14.9. The molecular weight excluding hydrogens is 250 g/mol. The van der Waals surface area contributed by atoms with Crippen LogP contribution >= 0.6 is 11.8 Å². The molecule has 98 valence electrons. The molecule has 1 heterocycles. The highest BCUT2D eigenvalue weighted by molar-refractivity contribution is 7.98. The summed E-state index contributed by atoms with van der Waals surface area (Å²) in [6.45, 7) is 2.42. The highest BCUT2D eigenvalue weighted by Crippen LogP contribution is 2.26. The summed E-state index contributed by atoms with van der Waals surface area (Å²) in [6.07, 6.45) is 4.77. The molecule has 0 amide bonds. The van der Waals surface area contributed by atoms with Gasteiger partial charge in [0.05, 0.1) is 0 Å². The van der Waals surface area contributed by atoms with Gasteiger partial charge in [-0.05, 0) is 54.5 Å². The average Bonchev–Trinajstić information content (AvgIpc) is 3.02. The number of benzene rings is 2. The molecule has 0 bridgehead atoms. The van der Waals surface area contributed by atoms with Gasteiger partial charge < -0.3 is 4.90 Å². The number of hydrogen-bond donors (Lipinski definition) is 0. The molecule has 0 aliphatic carbocycles. The smallest absolute Gasteiger partial charge is 0.0366 e. The third kappa shape index (κ3) is 2.79. The van der Waals surface area contributed by atoms with Crippen molar-refractivity contribution in [3.05, 3.63) is 48.5 Å². The van der Waals surface area contributed by atoms with Gasteiger partial charge in [0.25, 0.3) is 0 Å². The second-order valence-corrected chi connectivity index (χ2v) is 5.85. The Morgan fingerprint density at radius 2 is 1.32 bits per heavy atom. The van der Waals surface area contributed by atoms with Crippen LogP contribution in [-0.4, -0.2) is 19.3 Å². The quantitative estimate of drug-likeness (QED) is 0.745. The molecule has 0 spiro atoms. The first-order valence-electron chi connectivity index (χ1n) is 6.86. The van der Waals surface area contributed by atoms with Crippen molar-refractivity contribution in [3.63, 3.8) is 0 Å². The molecule has 0 unspecified atom stereocenters. The second-order valence-electron chi connectivity index (χ2n) is 4.97. The lowest BCUT2D eigenvalue weighted by Gasteiger charge is -2.17. The third-order valence-electron chi connectivity index (χ3n) is 3.76. The zero-order valence-corrected chi connectivity index (χ0v) is 12.1. The van der Waals surface area contributed by atoms with E-state index < -0.39 is 0 Å². The summed E-state index contributed by atoms with van der Waals surface area (Å²) in [7, 11) is 0. The molecule has 1 nitrogen and oxygen atoms in total. The van der Waals surface area contributed by atoms with E-state index in [1.807, 2.05) is 0 Å². The van der Waals surface area contributed by atoms with Crippen molar-refractivity contribution in [2.45, 2.75) is 17.7 Å². The van der Waals surface area contributed by atoms with Crippen LogP contribution in [0.3, 0.4) is 0 Å². The Morgan fingerprint density at radius 1 is 0.789 bits per heavy atom. The van der Waals surface area contributed by atoms with E-state index in [4.69, 9.17) is 0 Å². The maximum absolute atomic E-state index is 2.47. The highest BCUT2D eigenvalue weighted by atomic mass is 32.2. The van der Waals surface area contributed by atoms with Crippen molar-refractivity contribution in [1.82, 2.24) is 0 Å². The van der Waals surface area contributed by atoms with Gasteiger partial charge in [0.2, 0.25) is 0 Å². The van der Waals surface area contributed by atoms with Crippen LogP contribution in [0.4, 0.5) is 5.69 Å². The number of nitrogens with zero attached hydrogens (tertiary/aromatic N) is 1. The Kier molecular flexibility index (Phi) is 3.79. The summed E-state index contributed by atoms with van der Waals surface area (Å²) < 4.78 is 0. The number of hydrogen-bond acceptors (Lipinski definition) is 2. The topological polar surface area (TPSA) is 3.24 Å². The van der Waals surface area contributed by atoms with Crippen LogP contribution < -0.4 is 4.90 Å². The first-order chi connectivity index (χ1) is 9.36. The van der Waals surface area contributed by atoms with Crippen LogP contribution in [0, 0.1) is 0 Å². The van der Waals surface area contributed by atoms with Crippen molar-refractivity contribution in [2.24, 2.45) is 0 Å². The van der Waals surface area contributed by atoms with E-state index >= 15 is 0 Å². The molecule has 19 heavy (non-hydrogen) atoms. The fourth-order valence-corrected chi connectivity index (χ4v) is 3.03. The Hall–Kier alpha value is -1.41. The molecule has 1 saturated heterocycles. The van der Waals surface area contributed by atoms with Crippen molar-refractivity contribution < 1.29 is 0 Å². The second kappa shape index (κ2) is 5.70. The monoisotopic (exact) mass is 269 g/mol. The van der Waals surface area contributed by atoms with Gasteiger partial charge >= 0.3 is 0 Å². The Morgan fingerprint density at radius 3 is 1.84 bits per heavy atom. The summed E-state index contributed by atoms with van der Waals surface area (Å²) in [5.74, 6) is 0. The van der Waals surface area contributed by atoms with Gasteiger partial charge in [-0.3, -0.25) is 0 Å². The summed E-state index contributed by atoms with van der Waals surface area (Å²) in [4.78, 5) is 3.79. The molecule has 3 rings (SSSR count). The predicted molar refractivity (Wildman–Crippen MR) is 85.1 cm³/mol. The molecule has 0 N–H and O–H groups in total. The van der Waals surface area contributed by atoms with Crippen molar-refractivity contribution in [3.8, 4) is 11.1 Å². The molecule has 0 saturated carbocycles. The fourth-order valence-electron chi connectivity index (χ4n) is 2.62. The van der Waals surface area contributed by atoms with Crippen molar-refractivity contribution >= 4 is 17.4 Å². The van der Waals surface area contributed by atoms with Crippen LogP contribution in [0.25, 0.3) is 11.1 Å². The van der Waals surface area contributed by atoms with Crippen molar-refractivity contribution in [2.75, 3.05) is 24.2 Å². The molecule has 2 aromatic rings. The Balaban J connectivity index is 1.80. The van der Waals surface area contributed by atoms with Gasteiger partial charge in [0, 0.05) is 23.7 Å². The molecular formula is C17H19NS. The van der Waals surface area contributed by atoms with Crippen LogP contribution in [-0.2, 0) is 0 Å². The standard InChI is InChI=1S/C17H19NS/c1-19-17-10-6-15(7-11-17)14-4-8-16(9-5-14)18-12-2-3-13-18/h4-11H,2-3,12-13H2,1H3. The van der Waals surface area contributed by atoms with Gasteiger partial charge in [-0.2, -0.15) is 0 Å². The molecule has 2 aromatic carbocycles. The lowest BCUT2D eigenvalue weighted by molar-refractivity contribution is 0.949. The average molecular weight is 269 g/mol. The first kappa shape index (κ1) is 12.6. The minimum absolute atomic E-state index is 1.21. The zero-order chi connectivity index (χ0) is 13.1.